The van der Waals surface area contributed by atoms with Crippen molar-refractivity contribution in [3.05, 3.63) is 36.0 Å². The van der Waals surface area contributed by atoms with E-state index < -0.39 is 0 Å². The smallest absolute Gasteiger partial charge is 0.253 e. The predicted molar refractivity (Wildman–Crippen MR) is 76.2 cm³/mol. The average molecular weight is 278 g/mol. The summed E-state index contributed by atoms with van der Waals surface area (Å²) >= 11 is 1.65. The van der Waals surface area contributed by atoms with Gasteiger partial charge in [-0.25, -0.2) is 4.98 Å². The lowest BCUT2D eigenvalue weighted by Gasteiger charge is -2.12. The minimum absolute atomic E-state index is 0.00865. The summed E-state index contributed by atoms with van der Waals surface area (Å²) in [5.41, 5.74) is 0.571. The number of nitrogens with one attached hydrogen (secondary N) is 1. The topological polar surface area (TPSA) is 62.2 Å². The second kappa shape index (κ2) is 6.73. The molecule has 5 heteroatoms. The van der Waals surface area contributed by atoms with Crippen LogP contribution < -0.4 is 5.32 Å². The third-order valence-electron chi connectivity index (χ3n) is 3.01. The Bertz CT molecular complexity index is 459. The molecule has 2 atom stereocenters. The number of amides is 1. The number of pyridine rings is 1. The van der Waals surface area contributed by atoms with Crippen molar-refractivity contribution in [3.63, 3.8) is 0 Å². The number of rotatable bonds is 5. The van der Waals surface area contributed by atoms with Gasteiger partial charge in [-0.15, -0.1) is 11.8 Å². The van der Waals surface area contributed by atoms with Gasteiger partial charge in [-0.2, -0.15) is 0 Å². The van der Waals surface area contributed by atoms with Crippen LogP contribution in [0.1, 0.15) is 23.7 Å². The normalized spacial score (nSPS) is 21.6. The quantitative estimate of drug-likeness (QED) is 0.637. The molecule has 4 nitrogen and oxygen atoms in total. The van der Waals surface area contributed by atoms with E-state index in [0.717, 1.165) is 17.2 Å². The summed E-state index contributed by atoms with van der Waals surface area (Å²) in [5, 5.41) is 12.9. The van der Waals surface area contributed by atoms with Crippen LogP contribution in [-0.2, 0) is 0 Å². The molecule has 19 heavy (non-hydrogen) atoms. The van der Waals surface area contributed by atoms with Crippen LogP contribution in [-0.4, -0.2) is 34.4 Å². The molecule has 0 bridgehead atoms. The van der Waals surface area contributed by atoms with Crippen LogP contribution in [0.15, 0.2) is 35.5 Å². The monoisotopic (exact) mass is 278 g/mol. The van der Waals surface area contributed by atoms with Gasteiger partial charge in [-0.3, -0.25) is 4.79 Å². The summed E-state index contributed by atoms with van der Waals surface area (Å²) in [5.74, 6) is 1.01. The van der Waals surface area contributed by atoms with Gasteiger partial charge in [0.2, 0.25) is 0 Å². The number of hydrogen-bond acceptors (Lipinski definition) is 4. The fourth-order valence-electron chi connectivity index (χ4n) is 2.02. The number of nitrogens with zero attached hydrogens (tertiary/aromatic N) is 1. The average Bonchev–Trinajstić information content (AvgIpc) is 2.87. The van der Waals surface area contributed by atoms with Crippen LogP contribution in [0.2, 0.25) is 0 Å². The maximum atomic E-state index is 12.0. The van der Waals surface area contributed by atoms with Crippen LogP contribution in [0.4, 0.5) is 0 Å². The van der Waals surface area contributed by atoms with E-state index in [0.29, 0.717) is 5.56 Å². The number of aromatic nitrogens is 1. The highest BCUT2D eigenvalue weighted by Gasteiger charge is 2.20. The molecule has 0 aromatic carbocycles. The maximum Gasteiger partial charge on any atom is 0.253 e. The number of carbonyl (C=O) groups is 1. The van der Waals surface area contributed by atoms with Gasteiger partial charge in [0.05, 0.1) is 10.6 Å². The van der Waals surface area contributed by atoms with E-state index in [4.69, 9.17) is 5.11 Å². The van der Waals surface area contributed by atoms with Crippen LogP contribution in [0.5, 0.6) is 0 Å². The van der Waals surface area contributed by atoms with E-state index in [9.17, 15) is 4.79 Å². The highest BCUT2D eigenvalue weighted by atomic mass is 32.2. The molecule has 0 aliphatic heterocycles. The summed E-state index contributed by atoms with van der Waals surface area (Å²) in [6.45, 7) is 2.20. The van der Waals surface area contributed by atoms with Gasteiger partial charge in [-0.05, 0) is 24.3 Å². The molecule has 1 aliphatic carbocycles. The number of aliphatic hydroxyl groups excluding tert-OH is 1. The second-order valence-corrected chi connectivity index (χ2v) is 5.75. The molecule has 2 rings (SSSR count). The lowest BCUT2D eigenvalue weighted by Crippen LogP contribution is -2.32. The minimum atomic E-state index is -0.117. The number of aliphatic hydroxyl groups is 1. The molecule has 0 saturated carbocycles. The van der Waals surface area contributed by atoms with E-state index in [1.807, 2.05) is 18.2 Å². The summed E-state index contributed by atoms with van der Waals surface area (Å²) in [7, 11) is 0. The second-order valence-electron chi connectivity index (χ2n) is 4.46. The third-order valence-corrected chi connectivity index (χ3v) is 3.84. The fourth-order valence-corrected chi connectivity index (χ4v) is 2.60. The molecule has 1 heterocycles. The Kier molecular flexibility index (Phi) is 4.99. The number of hydrogen-bond donors (Lipinski definition) is 2. The van der Waals surface area contributed by atoms with Gasteiger partial charge in [0.25, 0.3) is 5.91 Å². The van der Waals surface area contributed by atoms with E-state index in [2.05, 4.69) is 17.2 Å². The van der Waals surface area contributed by atoms with Crippen molar-refractivity contribution in [3.8, 4) is 0 Å². The largest absolute Gasteiger partial charge is 0.396 e. The first kappa shape index (κ1) is 14.1. The van der Waals surface area contributed by atoms with E-state index in [-0.39, 0.29) is 24.5 Å². The Labute approximate surface area is 117 Å². The van der Waals surface area contributed by atoms with Crippen molar-refractivity contribution >= 4 is 17.7 Å². The first-order chi connectivity index (χ1) is 9.22. The standard InChI is InChI=1S/C14H18N2O2S/c1-2-19-13-6-4-11(8-15-13)14(18)16-12-5-3-10(7-12)9-17/h3-6,8,10,12,17H,2,7,9H2,1H3,(H,16,18)/t10-,12+/m0/s1. The van der Waals surface area contributed by atoms with Crippen molar-refractivity contribution in [1.29, 1.82) is 0 Å². The summed E-state index contributed by atoms with van der Waals surface area (Å²) < 4.78 is 0. The Morgan fingerprint density at radius 3 is 2.95 bits per heavy atom. The van der Waals surface area contributed by atoms with Gasteiger partial charge in [0.1, 0.15) is 0 Å². The molecule has 0 radical (unpaired) electrons. The zero-order chi connectivity index (χ0) is 13.7. The van der Waals surface area contributed by atoms with Crippen molar-refractivity contribution in [2.75, 3.05) is 12.4 Å². The van der Waals surface area contributed by atoms with Gasteiger partial charge in [-0.1, -0.05) is 19.1 Å². The third kappa shape index (κ3) is 3.81. The van der Waals surface area contributed by atoms with Gasteiger partial charge in [0.15, 0.2) is 0 Å². The molecule has 0 saturated heterocycles. The molecular formula is C14H18N2O2S. The minimum Gasteiger partial charge on any atom is -0.396 e. The van der Waals surface area contributed by atoms with Crippen LogP contribution in [0.25, 0.3) is 0 Å². The van der Waals surface area contributed by atoms with E-state index in [1.54, 1.807) is 24.0 Å². The first-order valence-corrected chi connectivity index (χ1v) is 7.40. The van der Waals surface area contributed by atoms with Gasteiger partial charge in [0, 0.05) is 24.8 Å². The molecule has 1 aromatic heterocycles. The Balaban J connectivity index is 1.91. The fraction of sp³-hybridized carbons (Fsp3) is 0.429. The zero-order valence-corrected chi connectivity index (χ0v) is 11.7. The van der Waals surface area contributed by atoms with E-state index >= 15 is 0 Å². The van der Waals surface area contributed by atoms with Crippen molar-refractivity contribution in [2.24, 2.45) is 5.92 Å². The van der Waals surface area contributed by atoms with Crippen molar-refractivity contribution in [1.82, 2.24) is 10.3 Å². The highest BCUT2D eigenvalue weighted by molar-refractivity contribution is 7.99. The van der Waals surface area contributed by atoms with Gasteiger partial charge >= 0.3 is 0 Å². The Hall–Kier alpha value is -1.33. The van der Waals surface area contributed by atoms with Crippen LogP contribution in [0, 0.1) is 5.92 Å². The summed E-state index contributed by atoms with van der Waals surface area (Å²) in [4.78, 5) is 16.2. The highest BCUT2D eigenvalue weighted by Crippen LogP contribution is 2.18. The van der Waals surface area contributed by atoms with Crippen LogP contribution in [0.3, 0.4) is 0 Å². The number of thioether (sulfide) groups is 1. The first-order valence-electron chi connectivity index (χ1n) is 6.41. The van der Waals surface area contributed by atoms with Crippen molar-refractivity contribution in [2.45, 2.75) is 24.4 Å². The van der Waals surface area contributed by atoms with Crippen molar-refractivity contribution < 1.29 is 9.90 Å². The molecule has 0 unspecified atom stereocenters. The molecule has 1 aliphatic rings. The van der Waals surface area contributed by atoms with Crippen LogP contribution >= 0.6 is 11.8 Å². The summed E-state index contributed by atoms with van der Waals surface area (Å²) in [6.07, 6.45) is 6.26. The molecule has 1 aromatic rings. The maximum absolute atomic E-state index is 12.0. The summed E-state index contributed by atoms with van der Waals surface area (Å²) in [6, 6.07) is 3.67. The Morgan fingerprint density at radius 1 is 1.53 bits per heavy atom. The lowest BCUT2D eigenvalue weighted by atomic mass is 10.1. The molecular weight excluding hydrogens is 260 g/mol. The lowest BCUT2D eigenvalue weighted by molar-refractivity contribution is 0.0940. The molecule has 0 spiro atoms. The molecule has 102 valence electrons. The molecule has 0 fully saturated rings. The van der Waals surface area contributed by atoms with Gasteiger partial charge < -0.3 is 10.4 Å². The predicted octanol–water partition coefficient (Wildman–Crippen LogP) is 1.86. The zero-order valence-electron chi connectivity index (χ0n) is 10.9. The van der Waals surface area contributed by atoms with E-state index in [1.165, 1.54) is 0 Å². The Morgan fingerprint density at radius 2 is 2.37 bits per heavy atom. The molecule has 1 amide bonds. The molecule has 2 N–H and O–H groups in total. The SMILES string of the molecule is CCSc1ccc(C(=O)N[C@@H]2C=C[C@H](CO)C2)cn1. The number of carbonyl (C=O) groups excluding carboxylic acids is 1.